The van der Waals surface area contributed by atoms with Gasteiger partial charge in [-0.15, -0.1) is 0 Å². The summed E-state index contributed by atoms with van der Waals surface area (Å²) >= 11 is 0. The first-order valence-corrected chi connectivity index (χ1v) is 12.0. The van der Waals surface area contributed by atoms with Gasteiger partial charge in [0.1, 0.15) is 0 Å². The lowest BCUT2D eigenvalue weighted by atomic mass is 9.99. The van der Waals surface area contributed by atoms with Crippen LogP contribution >= 0.6 is 0 Å². The molecule has 0 spiro atoms. The lowest BCUT2D eigenvalue weighted by Gasteiger charge is -2.11. The number of nitrogens with two attached hydrogens (primary N) is 2. The Kier molecular flexibility index (Phi) is 6.39. The van der Waals surface area contributed by atoms with Crippen LogP contribution in [0.15, 0.2) is 88.4 Å². The summed E-state index contributed by atoms with van der Waals surface area (Å²) in [7, 11) is -3.85. The molecule has 1 aliphatic rings. The summed E-state index contributed by atoms with van der Waals surface area (Å²) < 4.78 is 23.8. The van der Waals surface area contributed by atoms with Gasteiger partial charge in [-0.3, -0.25) is 4.79 Å². The van der Waals surface area contributed by atoms with E-state index in [0.29, 0.717) is 23.2 Å². The molecule has 0 aromatic heterocycles. The fourth-order valence-corrected chi connectivity index (χ4v) is 4.86. The van der Waals surface area contributed by atoms with Crippen LogP contribution in [0.1, 0.15) is 30.4 Å². The standard InChI is InChI=1S/C25H24N4O3S/c26-28-16-17-5-3-6-19(15-17)21-8-4-9-23(21)25(30)29-20-13-11-18(12-14-20)22-7-1-2-10-24(22)33(27,31)32/h1-3,5-7,10-16H,4,8-9,26H2,(H,29,30)(H2,27,31,32). The summed E-state index contributed by atoms with van der Waals surface area (Å²) in [6.07, 6.45) is 4.02. The lowest BCUT2D eigenvalue weighted by molar-refractivity contribution is -0.112. The van der Waals surface area contributed by atoms with Crippen LogP contribution in [0, 0.1) is 0 Å². The first kappa shape index (κ1) is 22.4. The number of benzene rings is 3. The Balaban J connectivity index is 1.57. The molecular weight excluding hydrogens is 436 g/mol. The fraction of sp³-hybridized carbons (Fsp3) is 0.120. The zero-order chi connectivity index (χ0) is 23.4. The van der Waals surface area contributed by atoms with E-state index in [9.17, 15) is 13.2 Å². The van der Waals surface area contributed by atoms with Crippen molar-refractivity contribution >= 4 is 33.4 Å². The molecule has 0 aliphatic heterocycles. The van der Waals surface area contributed by atoms with Crippen molar-refractivity contribution in [2.75, 3.05) is 5.32 Å². The number of carbonyl (C=O) groups excluding carboxylic acids is 1. The van der Waals surface area contributed by atoms with E-state index in [-0.39, 0.29) is 10.8 Å². The predicted molar refractivity (Wildman–Crippen MR) is 131 cm³/mol. The Morgan fingerprint density at radius 2 is 1.70 bits per heavy atom. The number of hydrogen-bond donors (Lipinski definition) is 3. The number of nitrogens with zero attached hydrogens (tertiary/aromatic N) is 1. The largest absolute Gasteiger partial charge is 0.323 e. The Morgan fingerprint density at radius 1 is 0.939 bits per heavy atom. The van der Waals surface area contributed by atoms with Gasteiger partial charge in [0.2, 0.25) is 10.0 Å². The molecule has 0 fully saturated rings. The highest BCUT2D eigenvalue weighted by Crippen LogP contribution is 2.35. The molecular formula is C25H24N4O3S. The second-order valence-electron chi connectivity index (χ2n) is 7.79. The van der Waals surface area contributed by atoms with Gasteiger partial charge in [-0.2, -0.15) is 5.10 Å². The number of rotatable bonds is 6. The molecule has 3 aromatic rings. The van der Waals surface area contributed by atoms with Gasteiger partial charge in [-0.05, 0) is 65.8 Å². The van der Waals surface area contributed by atoms with Crippen LogP contribution in [-0.2, 0) is 14.8 Å². The first-order chi connectivity index (χ1) is 15.9. The summed E-state index contributed by atoms with van der Waals surface area (Å²) in [6, 6.07) is 21.4. The van der Waals surface area contributed by atoms with E-state index in [1.165, 1.54) is 6.07 Å². The third-order valence-corrected chi connectivity index (χ3v) is 6.57. The van der Waals surface area contributed by atoms with E-state index in [1.54, 1.807) is 48.7 Å². The molecule has 0 unspecified atom stereocenters. The highest BCUT2D eigenvalue weighted by atomic mass is 32.2. The zero-order valence-corrected chi connectivity index (χ0v) is 18.7. The van der Waals surface area contributed by atoms with Crippen LogP contribution in [0.2, 0.25) is 0 Å². The van der Waals surface area contributed by atoms with Crippen molar-refractivity contribution in [1.82, 2.24) is 0 Å². The third-order valence-electron chi connectivity index (χ3n) is 5.60. The highest BCUT2D eigenvalue weighted by Gasteiger charge is 2.22. The molecule has 0 bridgehead atoms. The number of carbonyl (C=O) groups is 1. The summed E-state index contributed by atoms with van der Waals surface area (Å²) in [5.74, 6) is 5.12. The molecule has 5 N–H and O–H groups in total. The van der Waals surface area contributed by atoms with Gasteiger partial charge >= 0.3 is 0 Å². The number of allylic oxidation sites excluding steroid dienone is 1. The van der Waals surface area contributed by atoms with E-state index in [0.717, 1.165) is 35.1 Å². The number of sulfonamides is 1. The Hall–Kier alpha value is -3.75. The van der Waals surface area contributed by atoms with Crippen LogP contribution in [0.4, 0.5) is 5.69 Å². The average Bonchev–Trinajstić information content (AvgIpc) is 3.30. The lowest BCUT2D eigenvalue weighted by Crippen LogP contribution is -2.14. The molecule has 1 aliphatic carbocycles. The van der Waals surface area contributed by atoms with Gasteiger partial charge in [-0.1, -0.05) is 48.5 Å². The topological polar surface area (TPSA) is 128 Å². The summed E-state index contributed by atoms with van der Waals surface area (Å²) in [5.41, 5.74) is 5.49. The maximum atomic E-state index is 13.0. The molecule has 168 valence electrons. The molecule has 0 saturated carbocycles. The SMILES string of the molecule is NN=Cc1cccc(C2=C(C(=O)Nc3ccc(-c4ccccc4S(N)(=O)=O)cc3)CCC2)c1. The van der Waals surface area contributed by atoms with E-state index in [1.807, 2.05) is 24.3 Å². The Morgan fingerprint density at radius 3 is 2.42 bits per heavy atom. The van der Waals surface area contributed by atoms with Gasteiger partial charge < -0.3 is 11.2 Å². The maximum absolute atomic E-state index is 13.0. The van der Waals surface area contributed by atoms with Crippen LogP contribution in [-0.4, -0.2) is 20.5 Å². The minimum Gasteiger partial charge on any atom is -0.323 e. The number of nitrogens with one attached hydrogen (secondary N) is 1. The first-order valence-electron chi connectivity index (χ1n) is 10.5. The molecule has 0 atom stereocenters. The fourth-order valence-electron chi connectivity index (χ4n) is 4.10. The van der Waals surface area contributed by atoms with Crippen molar-refractivity contribution in [1.29, 1.82) is 0 Å². The minimum atomic E-state index is -3.85. The average molecular weight is 461 g/mol. The van der Waals surface area contributed by atoms with Crippen molar-refractivity contribution in [3.05, 3.63) is 89.5 Å². The molecule has 0 saturated heterocycles. The monoisotopic (exact) mass is 460 g/mol. The van der Waals surface area contributed by atoms with E-state index in [4.69, 9.17) is 11.0 Å². The Labute approximate surface area is 192 Å². The normalized spacial score (nSPS) is 14.1. The molecule has 7 nitrogen and oxygen atoms in total. The second-order valence-corrected chi connectivity index (χ2v) is 9.32. The van der Waals surface area contributed by atoms with Crippen LogP contribution in [0.5, 0.6) is 0 Å². The molecule has 4 rings (SSSR count). The van der Waals surface area contributed by atoms with Gasteiger partial charge in [0.25, 0.3) is 5.91 Å². The number of amides is 1. The van der Waals surface area contributed by atoms with E-state index in [2.05, 4.69) is 10.4 Å². The number of primary sulfonamides is 1. The van der Waals surface area contributed by atoms with Crippen molar-refractivity contribution < 1.29 is 13.2 Å². The molecule has 0 heterocycles. The van der Waals surface area contributed by atoms with E-state index >= 15 is 0 Å². The van der Waals surface area contributed by atoms with Crippen molar-refractivity contribution in [3.63, 3.8) is 0 Å². The van der Waals surface area contributed by atoms with Crippen LogP contribution < -0.4 is 16.3 Å². The highest BCUT2D eigenvalue weighted by molar-refractivity contribution is 7.89. The summed E-state index contributed by atoms with van der Waals surface area (Å²) in [6.45, 7) is 0. The van der Waals surface area contributed by atoms with Gasteiger partial charge in [0.15, 0.2) is 0 Å². The second kappa shape index (κ2) is 9.40. The molecule has 3 aromatic carbocycles. The molecule has 33 heavy (non-hydrogen) atoms. The van der Waals surface area contributed by atoms with E-state index < -0.39 is 10.0 Å². The number of anilines is 1. The van der Waals surface area contributed by atoms with Crippen molar-refractivity contribution in [2.24, 2.45) is 16.1 Å². The predicted octanol–water partition coefficient (Wildman–Crippen LogP) is 3.87. The van der Waals surface area contributed by atoms with Gasteiger partial charge in [-0.25, -0.2) is 13.6 Å². The number of hydrazone groups is 1. The maximum Gasteiger partial charge on any atom is 0.251 e. The molecule has 8 heteroatoms. The van der Waals surface area contributed by atoms with Crippen molar-refractivity contribution in [2.45, 2.75) is 24.2 Å². The van der Waals surface area contributed by atoms with Crippen molar-refractivity contribution in [3.8, 4) is 11.1 Å². The quantitative estimate of drug-likeness (QED) is 0.293. The number of hydrogen-bond acceptors (Lipinski definition) is 5. The molecule has 0 radical (unpaired) electrons. The summed E-state index contributed by atoms with van der Waals surface area (Å²) in [4.78, 5) is 13.1. The summed E-state index contributed by atoms with van der Waals surface area (Å²) in [5, 5.41) is 11.9. The zero-order valence-electron chi connectivity index (χ0n) is 17.9. The van der Waals surface area contributed by atoms with Crippen LogP contribution in [0.3, 0.4) is 0 Å². The minimum absolute atomic E-state index is 0.0597. The smallest absolute Gasteiger partial charge is 0.251 e. The van der Waals surface area contributed by atoms with Crippen LogP contribution in [0.25, 0.3) is 16.7 Å². The third kappa shape index (κ3) is 5.02. The Bertz CT molecular complexity index is 1360. The van der Waals surface area contributed by atoms with Gasteiger partial charge in [0.05, 0.1) is 11.1 Å². The molecule has 1 amide bonds. The van der Waals surface area contributed by atoms with Gasteiger partial charge in [0, 0.05) is 16.8 Å².